The van der Waals surface area contributed by atoms with Crippen molar-refractivity contribution in [2.75, 3.05) is 0 Å². The lowest BCUT2D eigenvalue weighted by atomic mass is 10.1. The molecule has 0 atom stereocenters. The summed E-state index contributed by atoms with van der Waals surface area (Å²) in [6.07, 6.45) is 1.64. The molecule has 122 valence electrons. The molecule has 0 bridgehead atoms. The molecule has 5 nitrogen and oxygen atoms in total. The second-order valence-corrected chi connectivity index (χ2v) is 6.53. The van der Waals surface area contributed by atoms with Gasteiger partial charge in [-0.15, -0.1) is 0 Å². The van der Waals surface area contributed by atoms with Gasteiger partial charge in [0.15, 0.2) is 16.7 Å². The van der Waals surface area contributed by atoms with Gasteiger partial charge in [-0.1, -0.05) is 12.1 Å². The Morgan fingerprint density at radius 1 is 1.04 bits per heavy atom. The average Bonchev–Trinajstić information content (AvgIpc) is 2.86. The molecule has 0 unspecified atom stereocenters. The average molecular weight is 340 g/mol. The Bertz CT molecular complexity index is 888. The molecule has 1 saturated heterocycles. The summed E-state index contributed by atoms with van der Waals surface area (Å²) in [5.74, 6) is -0.662. The van der Waals surface area contributed by atoms with Crippen molar-refractivity contribution in [2.45, 2.75) is 13.8 Å². The SMILES string of the molecule is Cc1ccc(N=C2NC(=O)/C(=C/c3ccc(O)c(O)c3)S2)cc1C. The van der Waals surface area contributed by atoms with Crippen molar-refractivity contribution in [3.05, 3.63) is 58.0 Å². The first-order valence-electron chi connectivity index (χ1n) is 7.31. The summed E-state index contributed by atoms with van der Waals surface area (Å²) in [6.45, 7) is 4.05. The van der Waals surface area contributed by atoms with E-state index < -0.39 is 0 Å². The number of hydrogen-bond donors (Lipinski definition) is 3. The Kier molecular flexibility index (Phi) is 4.31. The number of nitrogens with zero attached hydrogens (tertiary/aromatic N) is 1. The Morgan fingerprint density at radius 3 is 2.54 bits per heavy atom. The van der Waals surface area contributed by atoms with Crippen molar-refractivity contribution in [2.24, 2.45) is 4.99 Å². The summed E-state index contributed by atoms with van der Waals surface area (Å²) in [6, 6.07) is 10.3. The van der Waals surface area contributed by atoms with Gasteiger partial charge < -0.3 is 15.5 Å². The van der Waals surface area contributed by atoms with Crippen molar-refractivity contribution in [1.82, 2.24) is 5.32 Å². The summed E-state index contributed by atoms with van der Waals surface area (Å²) in [4.78, 5) is 17.0. The molecule has 2 aromatic rings. The Morgan fingerprint density at radius 2 is 1.83 bits per heavy atom. The molecule has 6 heteroatoms. The third kappa shape index (κ3) is 3.44. The zero-order chi connectivity index (χ0) is 17.3. The number of rotatable bonds is 2. The van der Waals surface area contributed by atoms with E-state index in [2.05, 4.69) is 10.3 Å². The van der Waals surface area contributed by atoms with Crippen LogP contribution in [0.15, 0.2) is 46.3 Å². The van der Waals surface area contributed by atoms with Gasteiger partial charge in [-0.05, 0) is 72.6 Å². The maximum Gasteiger partial charge on any atom is 0.264 e. The number of phenols is 2. The predicted octanol–water partition coefficient (Wildman–Crippen LogP) is 3.61. The summed E-state index contributed by atoms with van der Waals surface area (Å²) < 4.78 is 0. The smallest absolute Gasteiger partial charge is 0.264 e. The van der Waals surface area contributed by atoms with Crippen LogP contribution < -0.4 is 5.32 Å². The molecule has 2 aromatic carbocycles. The van der Waals surface area contributed by atoms with Gasteiger partial charge >= 0.3 is 0 Å². The number of benzene rings is 2. The van der Waals surface area contributed by atoms with Crippen molar-refractivity contribution in [3.8, 4) is 11.5 Å². The van der Waals surface area contributed by atoms with Gasteiger partial charge in [0, 0.05) is 0 Å². The topological polar surface area (TPSA) is 81.9 Å². The van der Waals surface area contributed by atoms with Crippen LogP contribution in [0.1, 0.15) is 16.7 Å². The fourth-order valence-corrected chi connectivity index (χ4v) is 3.02. The molecular formula is C18H16N2O3S. The third-order valence-electron chi connectivity index (χ3n) is 3.67. The molecule has 0 aliphatic carbocycles. The Balaban J connectivity index is 1.84. The zero-order valence-corrected chi connectivity index (χ0v) is 14.0. The summed E-state index contributed by atoms with van der Waals surface area (Å²) in [7, 11) is 0. The van der Waals surface area contributed by atoms with Gasteiger partial charge in [0.1, 0.15) is 0 Å². The number of carbonyl (C=O) groups excluding carboxylic acids is 1. The van der Waals surface area contributed by atoms with Crippen LogP contribution in [0.2, 0.25) is 0 Å². The molecule has 0 saturated carbocycles. The number of carbonyl (C=O) groups is 1. The quantitative estimate of drug-likeness (QED) is 0.576. The number of aliphatic imine (C=N–C) groups is 1. The van der Waals surface area contributed by atoms with Crippen molar-refractivity contribution in [1.29, 1.82) is 0 Å². The number of hydrogen-bond acceptors (Lipinski definition) is 5. The predicted molar refractivity (Wildman–Crippen MR) is 96.5 cm³/mol. The normalized spacial score (nSPS) is 17.5. The fraction of sp³-hybridized carbons (Fsp3) is 0.111. The first kappa shape index (κ1) is 16.1. The minimum Gasteiger partial charge on any atom is -0.504 e. The molecule has 1 aliphatic rings. The summed E-state index contributed by atoms with van der Waals surface area (Å²) in [5.41, 5.74) is 3.73. The maximum absolute atomic E-state index is 12.1. The van der Waals surface area contributed by atoms with E-state index in [0.717, 1.165) is 11.3 Å². The van der Waals surface area contributed by atoms with Crippen LogP contribution in [-0.2, 0) is 4.79 Å². The van der Waals surface area contributed by atoms with Crippen molar-refractivity contribution in [3.63, 3.8) is 0 Å². The molecule has 3 N–H and O–H groups in total. The minimum absolute atomic E-state index is 0.197. The Hall–Kier alpha value is -2.73. The highest BCUT2D eigenvalue weighted by atomic mass is 32.2. The molecular weight excluding hydrogens is 324 g/mol. The highest BCUT2D eigenvalue weighted by Crippen LogP contribution is 2.31. The molecule has 0 spiro atoms. The van der Waals surface area contributed by atoms with Gasteiger partial charge in [0.25, 0.3) is 5.91 Å². The van der Waals surface area contributed by atoms with Crippen molar-refractivity contribution >= 4 is 34.6 Å². The van der Waals surface area contributed by atoms with Gasteiger partial charge in [0.05, 0.1) is 10.6 Å². The van der Waals surface area contributed by atoms with E-state index in [1.807, 2.05) is 32.0 Å². The van der Waals surface area contributed by atoms with E-state index in [-0.39, 0.29) is 17.4 Å². The lowest BCUT2D eigenvalue weighted by molar-refractivity contribution is -0.115. The zero-order valence-electron chi connectivity index (χ0n) is 13.2. The molecule has 3 rings (SSSR count). The van der Waals surface area contributed by atoms with Gasteiger partial charge in [-0.3, -0.25) is 4.79 Å². The highest BCUT2D eigenvalue weighted by Gasteiger charge is 2.23. The third-order valence-corrected chi connectivity index (χ3v) is 4.58. The van der Waals surface area contributed by atoms with Crippen LogP contribution in [0, 0.1) is 13.8 Å². The summed E-state index contributed by atoms with van der Waals surface area (Å²) in [5, 5.41) is 22.1. The van der Waals surface area contributed by atoms with Crippen LogP contribution in [0.3, 0.4) is 0 Å². The lowest BCUT2D eigenvalue weighted by Gasteiger charge is -2.01. The van der Waals surface area contributed by atoms with E-state index in [0.29, 0.717) is 15.6 Å². The standard InChI is InChI=1S/C18H16N2O3S/c1-10-3-5-13(7-11(10)2)19-18-20-17(23)16(24-18)9-12-4-6-14(21)15(22)8-12/h3-9,21-22H,1-2H3,(H,19,20,23)/b16-9-. The second kappa shape index (κ2) is 6.41. The molecule has 1 amide bonds. The molecule has 0 aromatic heterocycles. The van der Waals surface area contributed by atoms with Crippen LogP contribution >= 0.6 is 11.8 Å². The largest absolute Gasteiger partial charge is 0.504 e. The number of nitrogens with one attached hydrogen (secondary N) is 1. The molecule has 0 radical (unpaired) electrons. The number of aromatic hydroxyl groups is 2. The van der Waals surface area contributed by atoms with Gasteiger partial charge in [0.2, 0.25) is 0 Å². The minimum atomic E-state index is -0.241. The molecule has 24 heavy (non-hydrogen) atoms. The van der Waals surface area contributed by atoms with Crippen LogP contribution in [0.5, 0.6) is 11.5 Å². The number of amidine groups is 1. The fourth-order valence-electron chi connectivity index (χ4n) is 2.17. The molecule has 1 heterocycles. The lowest BCUT2D eigenvalue weighted by Crippen LogP contribution is -2.19. The van der Waals surface area contributed by atoms with Crippen LogP contribution in [0.25, 0.3) is 6.08 Å². The molecule has 1 fully saturated rings. The van der Waals surface area contributed by atoms with Crippen molar-refractivity contribution < 1.29 is 15.0 Å². The monoisotopic (exact) mass is 340 g/mol. The number of aryl methyl sites for hydroxylation is 2. The van der Waals surface area contributed by atoms with E-state index >= 15 is 0 Å². The first-order valence-corrected chi connectivity index (χ1v) is 8.13. The number of amides is 1. The van der Waals surface area contributed by atoms with Crippen LogP contribution in [0.4, 0.5) is 5.69 Å². The second-order valence-electron chi connectivity index (χ2n) is 5.50. The Labute approximate surface area is 143 Å². The number of phenolic OH excluding ortho intramolecular Hbond substituents is 2. The number of thioether (sulfide) groups is 1. The molecule has 1 aliphatic heterocycles. The van der Waals surface area contributed by atoms with Gasteiger partial charge in [-0.2, -0.15) is 0 Å². The first-order chi connectivity index (χ1) is 11.4. The van der Waals surface area contributed by atoms with E-state index in [1.165, 1.54) is 29.5 Å². The maximum atomic E-state index is 12.1. The van der Waals surface area contributed by atoms with E-state index in [4.69, 9.17) is 0 Å². The van der Waals surface area contributed by atoms with E-state index in [9.17, 15) is 15.0 Å². The van der Waals surface area contributed by atoms with E-state index in [1.54, 1.807) is 12.1 Å². The van der Waals surface area contributed by atoms with Gasteiger partial charge in [-0.25, -0.2) is 4.99 Å². The van der Waals surface area contributed by atoms with Crippen LogP contribution in [-0.4, -0.2) is 21.3 Å². The summed E-state index contributed by atoms with van der Waals surface area (Å²) >= 11 is 1.23. The highest BCUT2D eigenvalue weighted by molar-refractivity contribution is 8.18.